The van der Waals surface area contributed by atoms with Crippen molar-refractivity contribution in [2.45, 2.75) is 26.6 Å². The van der Waals surface area contributed by atoms with E-state index in [2.05, 4.69) is 34.0 Å². The van der Waals surface area contributed by atoms with Crippen LogP contribution in [-0.4, -0.2) is 32.6 Å². The normalized spacial score (nSPS) is 12.0. The number of pyridine rings is 2. The second-order valence-electron chi connectivity index (χ2n) is 6.98. The molecule has 0 N–H and O–H groups in total. The summed E-state index contributed by atoms with van der Waals surface area (Å²) in [6, 6.07) is 20.3. The van der Waals surface area contributed by atoms with Gasteiger partial charge in [-0.3, -0.25) is 19.9 Å². The first-order valence-electron chi connectivity index (χ1n) is 9.57. The maximum absolute atomic E-state index is 4.80. The number of thiazole rings is 1. The fourth-order valence-electron chi connectivity index (χ4n) is 3.12. The Hall–Kier alpha value is -2.96. The highest BCUT2D eigenvalue weighted by Crippen LogP contribution is 2.22. The van der Waals surface area contributed by atoms with Crippen LogP contribution < -0.4 is 0 Å². The molecule has 146 valence electrons. The molecule has 0 aliphatic rings. The van der Waals surface area contributed by atoms with Crippen LogP contribution in [0.3, 0.4) is 0 Å². The fraction of sp³-hybridized carbons (Fsp3) is 0.217. The van der Waals surface area contributed by atoms with E-state index in [0.717, 1.165) is 46.4 Å². The molecular formula is C23H23N5S. The van der Waals surface area contributed by atoms with E-state index in [1.54, 1.807) is 11.3 Å². The summed E-state index contributed by atoms with van der Waals surface area (Å²) in [7, 11) is 2.08. The van der Waals surface area contributed by atoms with Crippen LogP contribution in [0.1, 0.15) is 29.0 Å². The van der Waals surface area contributed by atoms with Crippen LogP contribution >= 0.6 is 11.3 Å². The lowest BCUT2D eigenvalue weighted by Crippen LogP contribution is -2.19. The molecule has 0 unspecified atom stereocenters. The molecule has 0 aliphatic heterocycles. The molecule has 5 nitrogen and oxygen atoms in total. The SMILES string of the molecule is CC(=NCc1nc2ccccc2s1)c1cccc(CN(C)Cc2ccccn2)n1. The summed E-state index contributed by atoms with van der Waals surface area (Å²) in [6.45, 7) is 4.14. The lowest BCUT2D eigenvalue weighted by Gasteiger charge is -2.16. The van der Waals surface area contributed by atoms with Gasteiger partial charge in [-0.2, -0.15) is 0 Å². The number of rotatable bonds is 7. The van der Waals surface area contributed by atoms with E-state index < -0.39 is 0 Å². The van der Waals surface area contributed by atoms with Crippen molar-refractivity contribution in [2.24, 2.45) is 4.99 Å². The van der Waals surface area contributed by atoms with E-state index in [0.29, 0.717) is 6.54 Å². The number of hydrogen-bond donors (Lipinski definition) is 0. The Morgan fingerprint density at radius 3 is 2.55 bits per heavy atom. The zero-order valence-electron chi connectivity index (χ0n) is 16.6. The van der Waals surface area contributed by atoms with Crippen LogP contribution in [0.15, 0.2) is 71.9 Å². The van der Waals surface area contributed by atoms with Crippen LogP contribution in [0.4, 0.5) is 0 Å². The molecule has 29 heavy (non-hydrogen) atoms. The van der Waals surface area contributed by atoms with E-state index >= 15 is 0 Å². The summed E-state index contributed by atoms with van der Waals surface area (Å²) < 4.78 is 1.20. The quantitative estimate of drug-likeness (QED) is 0.420. The largest absolute Gasteiger partial charge is 0.295 e. The second kappa shape index (κ2) is 9.03. The molecule has 0 bridgehead atoms. The second-order valence-corrected chi connectivity index (χ2v) is 8.10. The van der Waals surface area contributed by atoms with Gasteiger partial charge in [0.15, 0.2) is 0 Å². The third kappa shape index (κ3) is 5.10. The molecule has 3 aromatic heterocycles. The van der Waals surface area contributed by atoms with Crippen molar-refractivity contribution in [3.8, 4) is 0 Å². The van der Waals surface area contributed by atoms with Crippen molar-refractivity contribution in [1.82, 2.24) is 19.9 Å². The van der Waals surface area contributed by atoms with Crippen LogP contribution in [0.2, 0.25) is 0 Å². The Morgan fingerprint density at radius 2 is 1.72 bits per heavy atom. The first-order valence-corrected chi connectivity index (χ1v) is 10.4. The van der Waals surface area contributed by atoms with Crippen molar-refractivity contribution in [2.75, 3.05) is 7.05 Å². The van der Waals surface area contributed by atoms with E-state index in [1.807, 2.05) is 61.7 Å². The minimum absolute atomic E-state index is 0.580. The van der Waals surface area contributed by atoms with Crippen molar-refractivity contribution >= 4 is 27.3 Å². The third-order valence-electron chi connectivity index (χ3n) is 4.56. The number of benzene rings is 1. The Bertz CT molecular complexity index is 1090. The molecule has 0 aliphatic carbocycles. The van der Waals surface area contributed by atoms with Crippen molar-refractivity contribution in [1.29, 1.82) is 0 Å². The molecule has 0 saturated carbocycles. The van der Waals surface area contributed by atoms with Crippen LogP contribution in [0.25, 0.3) is 10.2 Å². The summed E-state index contributed by atoms with van der Waals surface area (Å²) in [6.07, 6.45) is 1.83. The summed E-state index contributed by atoms with van der Waals surface area (Å²) >= 11 is 1.70. The van der Waals surface area contributed by atoms with Gasteiger partial charge in [0, 0.05) is 19.3 Å². The molecule has 6 heteroatoms. The molecule has 4 aromatic rings. The van der Waals surface area contributed by atoms with Gasteiger partial charge in [0.1, 0.15) is 5.01 Å². The van der Waals surface area contributed by atoms with Gasteiger partial charge in [0.05, 0.1) is 39.6 Å². The predicted octanol–water partition coefficient (Wildman–Crippen LogP) is 4.73. The molecule has 0 spiro atoms. The topological polar surface area (TPSA) is 54.3 Å². The first kappa shape index (κ1) is 19.4. The van der Waals surface area contributed by atoms with E-state index in [4.69, 9.17) is 9.98 Å². The Balaban J connectivity index is 1.42. The van der Waals surface area contributed by atoms with Gasteiger partial charge in [-0.05, 0) is 50.4 Å². The van der Waals surface area contributed by atoms with Gasteiger partial charge in [-0.15, -0.1) is 11.3 Å². The average molecular weight is 402 g/mol. The highest BCUT2D eigenvalue weighted by atomic mass is 32.1. The van der Waals surface area contributed by atoms with Crippen LogP contribution in [0, 0.1) is 0 Å². The molecule has 0 amide bonds. The van der Waals surface area contributed by atoms with E-state index in [-0.39, 0.29) is 0 Å². The van der Waals surface area contributed by atoms with Gasteiger partial charge < -0.3 is 0 Å². The van der Waals surface area contributed by atoms with Crippen molar-refractivity contribution in [3.05, 3.63) is 88.9 Å². The lowest BCUT2D eigenvalue weighted by atomic mass is 10.2. The van der Waals surface area contributed by atoms with Gasteiger partial charge in [-0.25, -0.2) is 4.98 Å². The highest BCUT2D eigenvalue weighted by Gasteiger charge is 2.07. The predicted molar refractivity (Wildman–Crippen MR) is 119 cm³/mol. The summed E-state index contributed by atoms with van der Waals surface area (Å²) in [4.78, 5) is 20.8. The number of para-hydroxylation sites is 1. The number of fused-ring (bicyclic) bond motifs is 1. The van der Waals surface area contributed by atoms with Gasteiger partial charge >= 0.3 is 0 Å². The number of aromatic nitrogens is 3. The molecule has 1 aromatic carbocycles. The maximum Gasteiger partial charge on any atom is 0.115 e. The minimum atomic E-state index is 0.580. The highest BCUT2D eigenvalue weighted by molar-refractivity contribution is 7.18. The molecule has 4 rings (SSSR count). The standard InChI is InChI=1S/C23H23N5S/c1-17(25-14-23-27-21-10-3-4-12-22(21)29-23)20-11-7-9-19(26-20)16-28(2)15-18-8-5-6-13-24-18/h3-13H,14-16H2,1-2H3. The fourth-order valence-corrected chi connectivity index (χ4v) is 4.02. The smallest absolute Gasteiger partial charge is 0.115 e. The molecular weight excluding hydrogens is 378 g/mol. The van der Waals surface area contributed by atoms with Crippen molar-refractivity contribution in [3.63, 3.8) is 0 Å². The molecule has 3 heterocycles. The summed E-state index contributed by atoms with van der Waals surface area (Å²) in [5, 5.41) is 1.02. The zero-order chi connectivity index (χ0) is 20.1. The molecule has 0 saturated heterocycles. The van der Waals surface area contributed by atoms with Gasteiger partial charge in [0.2, 0.25) is 0 Å². The van der Waals surface area contributed by atoms with Crippen LogP contribution in [0.5, 0.6) is 0 Å². The van der Waals surface area contributed by atoms with E-state index in [1.165, 1.54) is 4.70 Å². The molecule has 0 atom stereocenters. The molecule has 0 fully saturated rings. The number of nitrogens with zero attached hydrogens (tertiary/aromatic N) is 5. The number of aliphatic imine (C=N–C) groups is 1. The zero-order valence-corrected chi connectivity index (χ0v) is 17.4. The van der Waals surface area contributed by atoms with Crippen molar-refractivity contribution < 1.29 is 0 Å². The van der Waals surface area contributed by atoms with Gasteiger partial charge in [-0.1, -0.05) is 24.3 Å². The van der Waals surface area contributed by atoms with Gasteiger partial charge in [0.25, 0.3) is 0 Å². The summed E-state index contributed by atoms with van der Waals surface area (Å²) in [5.41, 5.74) is 4.96. The van der Waals surface area contributed by atoms with Crippen LogP contribution in [-0.2, 0) is 19.6 Å². The number of hydrogen-bond acceptors (Lipinski definition) is 6. The minimum Gasteiger partial charge on any atom is -0.295 e. The summed E-state index contributed by atoms with van der Waals surface area (Å²) in [5.74, 6) is 0. The van der Waals surface area contributed by atoms with E-state index in [9.17, 15) is 0 Å². The lowest BCUT2D eigenvalue weighted by molar-refractivity contribution is 0.311. The monoisotopic (exact) mass is 401 g/mol. The Labute approximate surface area is 174 Å². The third-order valence-corrected chi connectivity index (χ3v) is 5.58. The maximum atomic E-state index is 4.80. The Kier molecular flexibility index (Phi) is 6.03. The average Bonchev–Trinajstić information content (AvgIpc) is 3.16. The first-order chi connectivity index (χ1) is 14.2. The molecule has 0 radical (unpaired) electrons. The Morgan fingerprint density at radius 1 is 0.931 bits per heavy atom.